The number of hydrogen-bond acceptors (Lipinski definition) is 3. The molecule has 1 atom stereocenters. The number of likely N-dealkylation sites (tertiary alicyclic amines) is 1. The largest absolute Gasteiger partial charge is 0.322 e. The van der Waals surface area contributed by atoms with E-state index < -0.39 is 0 Å². The third kappa shape index (κ3) is 4.08. The van der Waals surface area contributed by atoms with Gasteiger partial charge in [0.15, 0.2) is 0 Å². The molecule has 2 heterocycles. The Balaban J connectivity index is 1.39. The summed E-state index contributed by atoms with van der Waals surface area (Å²) >= 11 is 6.51. The number of aryl methyl sites for hydroxylation is 1. The standard InChI is InChI=1S/C22H24ClN3O/c1-15-6-8-16(9-7-15)13-26-11-10-17(14-26)24-12-19-21(23)18-4-2-3-5-20(18)25-22(19)27/h2-9,17,24H,10-14H2,1H3,(H,25,27). The van der Waals surface area contributed by atoms with Crippen molar-refractivity contribution in [3.05, 3.63) is 80.6 Å². The molecule has 0 spiro atoms. The molecule has 0 aliphatic carbocycles. The Hall–Kier alpha value is -2.14. The number of aromatic amines is 1. The van der Waals surface area contributed by atoms with Crippen LogP contribution in [0.1, 0.15) is 23.1 Å². The summed E-state index contributed by atoms with van der Waals surface area (Å²) in [5.74, 6) is 0. The predicted molar refractivity (Wildman–Crippen MR) is 111 cm³/mol. The Morgan fingerprint density at radius 3 is 2.78 bits per heavy atom. The number of para-hydroxylation sites is 1. The highest BCUT2D eigenvalue weighted by Gasteiger charge is 2.22. The average molecular weight is 382 g/mol. The lowest BCUT2D eigenvalue weighted by atomic mass is 10.1. The maximum Gasteiger partial charge on any atom is 0.254 e. The molecule has 27 heavy (non-hydrogen) atoms. The summed E-state index contributed by atoms with van der Waals surface area (Å²) in [6.45, 7) is 5.61. The molecule has 0 radical (unpaired) electrons. The van der Waals surface area contributed by atoms with Crippen LogP contribution in [0.25, 0.3) is 10.9 Å². The number of nitrogens with zero attached hydrogens (tertiary/aromatic N) is 1. The van der Waals surface area contributed by atoms with Gasteiger partial charge in [-0.15, -0.1) is 0 Å². The minimum Gasteiger partial charge on any atom is -0.322 e. The molecule has 4 rings (SSSR count). The van der Waals surface area contributed by atoms with Crippen molar-refractivity contribution in [1.82, 2.24) is 15.2 Å². The van der Waals surface area contributed by atoms with E-state index in [0.29, 0.717) is 23.2 Å². The molecule has 1 aromatic heterocycles. The van der Waals surface area contributed by atoms with E-state index in [2.05, 4.69) is 46.4 Å². The van der Waals surface area contributed by atoms with E-state index in [4.69, 9.17) is 11.6 Å². The molecular formula is C22H24ClN3O. The van der Waals surface area contributed by atoms with Crippen LogP contribution in [0.5, 0.6) is 0 Å². The van der Waals surface area contributed by atoms with Crippen LogP contribution >= 0.6 is 11.6 Å². The van der Waals surface area contributed by atoms with Gasteiger partial charge in [0.2, 0.25) is 0 Å². The molecule has 1 aliphatic rings. The summed E-state index contributed by atoms with van der Waals surface area (Å²) in [5, 5.41) is 4.97. The van der Waals surface area contributed by atoms with E-state index in [9.17, 15) is 4.79 Å². The number of benzene rings is 2. The zero-order valence-electron chi connectivity index (χ0n) is 15.5. The lowest BCUT2D eigenvalue weighted by molar-refractivity contribution is 0.320. The van der Waals surface area contributed by atoms with Crippen LogP contribution in [0.3, 0.4) is 0 Å². The first kappa shape index (κ1) is 18.2. The SMILES string of the molecule is Cc1ccc(CN2CCC(NCc3c(Cl)c4ccccc4[nH]c3=O)C2)cc1. The number of hydrogen-bond donors (Lipinski definition) is 2. The Morgan fingerprint density at radius 2 is 1.96 bits per heavy atom. The average Bonchev–Trinajstić information content (AvgIpc) is 3.11. The van der Waals surface area contributed by atoms with Crippen molar-refractivity contribution in [3.8, 4) is 0 Å². The lowest BCUT2D eigenvalue weighted by Crippen LogP contribution is -2.33. The number of rotatable bonds is 5. The summed E-state index contributed by atoms with van der Waals surface area (Å²) in [6.07, 6.45) is 1.08. The molecule has 1 unspecified atom stereocenters. The second-order valence-electron chi connectivity index (χ2n) is 7.38. The fourth-order valence-electron chi connectivity index (χ4n) is 3.74. The van der Waals surface area contributed by atoms with Crippen LogP contribution in [-0.2, 0) is 13.1 Å². The summed E-state index contributed by atoms with van der Waals surface area (Å²) in [6, 6.07) is 16.7. The quantitative estimate of drug-likeness (QED) is 0.705. The van der Waals surface area contributed by atoms with Gasteiger partial charge in [0.05, 0.1) is 10.6 Å². The molecule has 5 heteroatoms. The number of H-pyrrole nitrogens is 1. The van der Waals surface area contributed by atoms with Crippen LogP contribution in [0.2, 0.25) is 5.02 Å². The van der Waals surface area contributed by atoms with Gasteiger partial charge in [-0.05, 0) is 25.0 Å². The van der Waals surface area contributed by atoms with Crippen molar-refractivity contribution in [2.24, 2.45) is 0 Å². The fraction of sp³-hybridized carbons (Fsp3) is 0.318. The maximum atomic E-state index is 12.4. The molecule has 1 aliphatic heterocycles. The zero-order chi connectivity index (χ0) is 18.8. The molecule has 1 saturated heterocycles. The lowest BCUT2D eigenvalue weighted by Gasteiger charge is -2.17. The molecule has 2 aromatic carbocycles. The van der Waals surface area contributed by atoms with Gasteiger partial charge >= 0.3 is 0 Å². The Bertz CT molecular complexity index is 997. The topological polar surface area (TPSA) is 48.1 Å². The first-order valence-corrected chi connectivity index (χ1v) is 9.78. The van der Waals surface area contributed by atoms with E-state index >= 15 is 0 Å². The summed E-state index contributed by atoms with van der Waals surface area (Å²) in [5.41, 5.74) is 3.92. The second kappa shape index (κ2) is 7.85. The maximum absolute atomic E-state index is 12.4. The van der Waals surface area contributed by atoms with Crippen LogP contribution in [0, 0.1) is 6.92 Å². The smallest absolute Gasteiger partial charge is 0.254 e. The van der Waals surface area contributed by atoms with E-state index in [-0.39, 0.29) is 5.56 Å². The fourth-order valence-corrected chi connectivity index (χ4v) is 4.06. The Labute approximate surface area is 164 Å². The van der Waals surface area contributed by atoms with Crippen molar-refractivity contribution in [2.75, 3.05) is 13.1 Å². The summed E-state index contributed by atoms with van der Waals surface area (Å²) in [7, 11) is 0. The minimum atomic E-state index is -0.110. The van der Waals surface area contributed by atoms with E-state index in [1.165, 1.54) is 11.1 Å². The summed E-state index contributed by atoms with van der Waals surface area (Å²) in [4.78, 5) is 17.8. The van der Waals surface area contributed by atoms with Gasteiger partial charge in [0.25, 0.3) is 5.56 Å². The highest BCUT2D eigenvalue weighted by molar-refractivity contribution is 6.36. The zero-order valence-corrected chi connectivity index (χ0v) is 16.2. The first-order valence-electron chi connectivity index (χ1n) is 9.41. The van der Waals surface area contributed by atoms with E-state index in [0.717, 1.165) is 37.0 Å². The molecule has 0 bridgehead atoms. The number of fused-ring (bicyclic) bond motifs is 1. The third-order valence-electron chi connectivity index (χ3n) is 5.32. The molecular weight excluding hydrogens is 358 g/mol. The Morgan fingerprint density at radius 1 is 1.19 bits per heavy atom. The minimum absolute atomic E-state index is 0.110. The van der Waals surface area contributed by atoms with Gasteiger partial charge in [-0.3, -0.25) is 9.69 Å². The van der Waals surface area contributed by atoms with Crippen molar-refractivity contribution >= 4 is 22.5 Å². The number of halogens is 1. The van der Waals surface area contributed by atoms with Crippen LogP contribution in [-0.4, -0.2) is 29.0 Å². The first-order chi connectivity index (χ1) is 13.1. The molecule has 3 aromatic rings. The second-order valence-corrected chi connectivity index (χ2v) is 7.76. The highest BCUT2D eigenvalue weighted by atomic mass is 35.5. The number of pyridine rings is 1. The molecule has 140 valence electrons. The van der Waals surface area contributed by atoms with E-state index in [1.807, 2.05) is 24.3 Å². The molecule has 2 N–H and O–H groups in total. The van der Waals surface area contributed by atoms with Gasteiger partial charge in [-0.1, -0.05) is 59.6 Å². The van der Waals surface area contributed by atoms with Gasteiger partial charge in [-0.25, -0.2) is 0 Å². The van der Waals surface area contributed by atoms with E-state index in [1.54, 1.807) is 0 Å². The Kier molecular flexibility index (Phi) is 5.30. The van der Waals surface area contributed by atoms with Gasteiger partial charge in [0, 0.05) is 43.1 Å². The van der Waals surface area contributed by atoms with Crippen molar-refractivity contribution in [2.45, 2.75) is 32.5 Å². The van der Waals surface area contributed by atoms with Gasteiger partial charge in [-0.2, -0.15) is 0 Å². The number of nitrogens with one attached hydrogen (secondary N) is 2. The normalized spacial score (nSPS) is 17.6. The monoisotopic (exact) mass is 381 g/mol. The van der Waals surface area contributed by atoms with Gasteiger partial charge < -0.3 is 10.3 Å². The van der Waals surface area contributed by atoms with Gasteiger partial charge in [0.1, 0.15) is 0 Å². The summed E-state index contributed by atoms with van der Waals surface area (Å²) < 4.78 is 0. The van der Waals surface area contributed by atoms with Crippen LogP contribution in [0.4, 0.5) is 0 Å². The third-order valence-corrected chi connectivity index (χ3v) is 5.75. The molecule has 0 amide bonds. The molecule has 1 fully saturated rings. The van der Waals surface area contributed by atoms with Crippen LogP contribution in [0.15, 0.2) is 53.3 Å². The molecule has 4 nitrogen and oxygen atoms in total. The number of aromatic nitrogens is 1. The predicted octanol–water partition coefficient (Wildman–Crippen LogP) is 3.85. The van der Waals surface area contributed by atoms with Crippen molar-refractivity contribution < 1.29 is 0 Å². The van der Waals surface area contributed by atoms with Crippen molar-refractivity contribution in [1.29, 1.82) is 0 Å². The highest BCUT2D eigenvalue weighted by Crippen LogP contribution is 2.23. The van der Waals surface area contributed by atoms with Crippen LogP contribution < -0.4 is 10.9 Å². The van der Waals surface area contributed by atoms with Crippen molar-refractivity contribution in [3.63, 3.8) is 0 Å². The molecule has 0 saturated carbocycles.